The molecule has 0 unspecified atom stereocenters. The second-order valence-corrected chi connectivity index (χ2v) is 5.45. The van der Waals surface area contributed by atoms with E-state index >= 15 is 0 Å². The minimum atomic E-state index is -0.0132. The molecule has 1 aromatic heterocycles. The highest BCUT2D eigenvalue weighted by Gasteiger charge is 2.12. The molecule has 0 amide bonds. The van der Waals surface area contributed by atoms with Crippen LogP contribution in [-0.2, 0) is 6.61 Å². The van der Waals surface area contributed by atoms with Gasteiger partial charge in [0.1, 0.15) is 5.03 Å². The summed E-state index contributed by atoms with van der Waals surface area (Å²) in [5.74, 6) is 1.56. The molecule has 0 saturated carbocycles. The van der Waals surface area contributed by atoms with Crippen molar-refractivity contribution < 1.29 is 14.6 Å². The van der Waals surface area contributed by atoms with E-state index < -0.39 is 0 Å². The first-order valence-electron chi connectivity index (χ1n) is 6.49. The fraction of sp³-hybridized carbons (Fsp3) is 0.267. The molecule has 1 aliphatic rings. The van der Waals surface area contributed by atoms with E-state index in [4.69, 9.17) is 9.47 Å². The monoisotopic (exact) mass is 289 g/mol. The van der Waals surface area contributed by atoms with Crippen molar-refractivity contribution in [2.24, 2.45) is 0 Å². The van der Waals surface area contributed by atoms with E-state index in [1.165, 1.54) is 11.8 Å². The van der Waals surface area contributed by atoms with E-state index in [9.17, 15) is 5.11 Å². The third-order valence-electron chi connectivity index (χ3n) is 2.95. The summed E-state index contributed by atoms with van der Waals surface area (Å²) >= 11 is 1.51. The molecule has 0 radical (unpaired) electrons. The van der Waals surface area contributed by atoms with E-state index in [-0.39, 0.29) is 6.61 Å². The molecule has 1 aliphatic heterocycles. The Morgan fingerprint density at radius 3 is 2.85 bits per heavy atom. The molecule has 0 bridgehead atoms. The summed E-state index contributed by atoms with van der Waals surface area (Å²) < 4.78 is 11.3. The molecule has 3 rings (SSSR count). The van der Waals surface area contributed by atoms with Crippen LogP contribution in [-0.4, -0.2) is 23.3 Å². The van der Waals surface area contributed by atoms with Crippen LogP contribution in [0.25, 0.3) is 0 Å². The van der Waals surface area contributed by atoms with Crippen LogP contribution >= 0.6 is 11.8 Å². The van der Waals surface area contributed by atoms with E-state index in [0.717, 1.165) is 33.4 Å². The highest BCUT2D eigenvalue weighted by molar-refractivity contribution is 7.99. The molecule has 0 atom stereocenters. The van der Waals surface area contributed by atoms with Crippen LogP contribution in [0.5, 0.6) is 11.5 Å². The smallest absolute Gasteiger partial charge is 0.162 e. The van der Waals surface area contributed by atoms with Crippen LogP contribution in [0.2, 0.25) is 0 Å². The van der Waals surface area contributed by atoms with Gasteiger partial charge in [-0.3, -0.25) is 0 Å². The van der Waals surface area contributed by atoms with Gasteiger partial charge in [-0.1, -0.05) is 17.8 Å². The van der Waals surface area contributed by atoms with Gasteiger partial charge in [-0.05, 0) is 24.3 Å². The van der Waals surface area contributed by atoms with Gasteiger partial charge < -0.3 is 14.6 Å². The average Bonchev–Trinajstić information content (AvgIpc) is 2.72. The number of nitrogens with zero attached hydrogens (tertiary/aromatic N) is 1. The topological polar surface area (TPSA) is 51.6 Å². The maximum absolute atomic E-state index is 9.33. The van der Waals surface area contributed by atoms with Gasteiger partial charge in [0.15, 0.2) is 11.5 Å². The molecule has 0 saturated heterocycles. The maximum atomic E-state index is 9.33. The quantitative estimate of drug-likeness (QED) is 0.941. The molecule has 104 valence electrons. The number of pyridine rings is 1. The van der Waals surface area contributed by atoms with Crippen molar-refractivity contribution in [3.05, 3.63) is 42.1 Å². The fourth-order valence-corrected chi connectivity index (χ4v) is 2.86. The zero-order chi connectivity index (χ0) is 13.8. The Kier molecular flexibility index (Phi) is 4.08. The lowest BCUT2D eigenvalue weighted by atomic mass is 10.3. The first-order chi connectivity index (χ1) is 9.86. The Morgan fingerprint density at radius 2 is 2.00 bits per heavy atom. The molecule has 4 nitrogen and oxygen atoms in total. The molecule has 0 fully saturated rings. The Balaban J connectivity index is 1.86. The van der Waals surface area contributed by atoms with Crippen LogP contribution in [0.15, 0.2) is 46.5 Å². The van der Waals surface area contributed by atoms with E-state index in [1.807, 2.05) is 30.3 Å². The van der Waals surface area contributed by atoms with E-state index in [0.29, 0.717) is 13.2 Å². The molecule has 1 aromatic carbocycles. The summed E-state index contributed by atoms with van der Waals surface area (Å²) in [5, 5.41) is 10.1. The van der Waals surface area contributed by atoms with Crippen LogP contribution < -0.4 is 9.47 Å². The molecular formula is C15H15NO3S. The Morgan fingerprint density at radius 1 is 1.15 bits per heavy atom. The number of fused-ring (bicyclic) bond motifs is 1. The highest BCUT2D eigenvalue weighted by atomic mass is 32.2. The number of benzene rings is 1. The Bertz CT molecular complexity index is 603. The van der Waals surface area contributed by atoms with Crippen molar-refractivity contribution in [1.29, 1.82) is 0 Å². The van der Waals surface area contributed by atoms with Crippen LogP contribution in [0.1, 0.15) is 12.0 Å². The standard InChI is InChI=1S/C15H15NO3S/c17-10-11-3-1-6-16-15(11)20-12-4-5-13-14(9-12)19-8-2-7-18-13/h1,3-6,9,17H,2,7-8,10H2. The predicted octanol–water partition coefficient (Wildman–Crippen LogP) is 2.89. The molecule has 0 spiro atoms. The van der Waals surface area contributed by atoms with Gasteiger partial charge in [-0.2, -0.15) is 0 Å². The second kappa shape index (κ2) is 6.15. The normalized spacial score (nSPS) is 13.8. The van der Waals surface area contributed by atoms with Gasteiger partial charge in [0, 0.05) is 23.1 Å². The molecule has 20 heavy (non-hydrogen) atoms. The van der Waals surface area contributed by atoms with Crippen molar-refractivity contribution in [1.82, 2.24) is 4.98 Å². The zero-order valence-electron chi connectivity index (χ0n) is 10.9. The molecule has 0 aliphatic carbocycles. The van der Waals surface area contributed by atoms with Crippen molar-refractivity contribution in [2.75, 3.05) is 13.2 Å². The number of ether oxygens (including phenoxy) is 2. The minimum Gasteiger partial charge on any atom is -0.490 e. The largest absolute Gasteiger partial charge is 0.490 e. The van der Waals surface area contributed by atoms with E-state index in [2.05, 4.69) is 4.98 Å². The van der Waals surface area contributed by atoms with Crippen LogP contribution in [0.4, 0.5) is 0 Å². The predicted molar refractivity (Wildman–Crippen MR) is 76.3 cm³/mol. The summed E-state index contributed by atoms with van der Waals surface area (Å²) in [4.78, 5) is 5.32. The third kappa shape index (κ3) is 2.89. The van der Waals surface area contributed by atoms with Gasteiger partial charge in [0.05, 0.1) is 19.8 Å². The molecule has 5 heteroatoms. The fourth-order valence-electron chi connectivity index (χ4n) is 1.96. The number of rotatable bonds is 3. The lowest BCUT2D eigenvalue weighted by Crippen LogP contribution is -1.97. The van der Waals surface area contributed by atoms with E-state index in [1.54, 1.807) is 6.20 Å². The number of hydrogen-bond acceptors (Lipinski definition) is 5. The van der Waals surface area contributed by atoms with Crippen LogP contribution in [0.3, 0.4) is 0 Å². The lowest BCUT2D eigenvalue weighted by molar-refractivity contribution is 0.278. The Labute approximate surface area is 121 Å². The first-order valence-corrected chi connectivity index (χ1v) is 7.31. The van der Waals surface area contributed by atoms with Crippen LogP contribution in [0, 0.1) is 0 Å². The van der Waals surface area contributed by atoms with Crippen molar-refractivity contribution in [3.8, 4) is 11.5 Å². The summed E-state index contributed by atoms with van der Waals surface area (Å²) in [6, 6.07) is 9.56. The number of aliphatic hydroxyl groups is 1. The number of aromatic nitrogens is 1. The summed E-state index contributed by atoms with van der Waals surface area (Å²) in [6.07, 6.45) is 2.62. The van der Waals surface area contributed by atoms with Gasteiger partial charge in [0.2, 0.25) is 0 Å². The molecule has 2 heterocycles. The summed E-state index contributed by atoms with van der Waals surface area (Å²) in [7, 11) is 0. The molecule has 2 aromatic rings. The van der Waals surface area contributed by atoms with Gasteiger partial charge in [-0.15, -0.1) is 0 Å². The molecule has 1 N–H and O–H groups in total. The van der Waals surface area contributed by atoms with Crippen molar-refractivity contribution >= 4 is 11.8 Å². The summed E-state index contributed by atoms with van der Waals surface area (Å²) in [6.45, 7) is 1.35. The average molecular weight is 289 g/mol. The summed E-state index contributed by atoms with van der Waals surface area (Å²) in [5.41, 5.74) is 0.824. The first kappa shape index (κ1) is 13.3. The van der Waals surface area contributed by atoms with Gasteiger partial charge in [-0.25, -0.2) is 4.98 Å². The van der Waals surface area contributed by atoms with Gasteiger partial charge >= 0.3 is 0 Å². The van der Waals surface area contributed by atoms with Crippen molar-refractivity contribution in [2.45, 2.75) is 22.9 Å². The number of hydrogen-bond donors (Lipinski definition) is 1. The number of aliphatic hydroxyl groups excluding tert-OH is 1. The Hall–Kier alpha value is -1.72. The lowest BCUT2D eigenvalue weighted by Gasteiger charge is -2.10. The maximum Gasteiger partial charge on any atom is 0.162 e. The minimum absolute atomic E-state index is 0.0132. The highest BCUT2D eigenvalue weighted by Crippen LogP contribution is 2.36. The second-order valence-electron chi connectivity index (χ2n) is 4.39. The molecular weight excluding hydrogens is 274 g/mol. The zero-order valence-corrected chi connectivity index (χ0v) is 11.7. The van der Waals surface area contributed by atoms with Crippen molar-refractivity contribution in [3.63, 3.8) is 0 Å². The van der Waals surface area contributed by atoms with Gasteiger partial charge in [0.25, 0.3) is 0 Å². The SMILES string of the molecule is OCc1cccnc1Sc1ccc2c(c1)OCCCO2. The third-order valence-corrected chi connectivity index (χ3v) is 4.00.